The van der Waals surface area contributed by atoms with Crippen LogP contribution < -0.4 is 4.74 Å². The predicted molar refractivity (Wildman–Crippen MR) is 98.4 cm³/mol. The molecule has 0 saturated heterocycles. The summed E-state index contributed by atoms with van der Waals surface area (Å²) in [5, 5.41) is 0.784. The van der Waals surface area contributed by atoms with Gasteiger partial charge in [0.05, 0.1) is 12.0 Å². The summed E-state index contributed by atoms with van der Waals surface area (Å²) in [6.07, 6.45) is 0. The maximum Gasteiger partial charge on any atom is 0.348 e. The van der Waals surface area contributed by atoms with E-state index >= 15 is 0 Å². The molecule has 3 rings (SSSR count). The Labute approximate surface area is 150 Å². The fourth-order valence-electron chi connectivity index (χ4n) is 2.62. The molecule has 0 amide bonds. The monoisotopic (exact) mass is 356 g/mol. The number of carbonyl (C=O) groups is 1. The van der Waals surface area contributed by atoms with Crippen molar-refractivity contribution >= 4 is 27.5 Å². The number of fused-ring (bicyclic) bond motifs is 1. The number of benzene rings is 1. The number of hydrogen-bond donors (Lipinski definition) is 0. The molecule has 130 valence electrons. The number of esters is 1. The molecular weight excluding hydrogens is 336 g/mol. The van der Waals surface area contributed by atoms with E-state index in [4.69, 9.17) is 9.47 Å². The zero-order chi connectivity index (χ0) is 18.0. The number of hydrogen-bond acceptors (Lipinski definition) is 6. The fraction of sp³-hybridized carbons (Fsp3) is 0.316. The van der Waals surface area contributed by atoms with Crippen LogP contribution in [0.4, 0.5) is 0 Å². The number of ether oxygens (including phenoxy) is 2. The van der Waals surface area contributed by atoms with Crippen LogP contribution in [0.3, 0.4) is 0 Å². The standard InChI is InChI=1S/C19H20N2O3S/c1-5-23-19(22)16-12(3)15-17(20-13(4)21-18(15)25-16)24-10-14-9-7-6-8-11(14)2/h6-9H,5,10H2,1-4H3. The topological polar surface area (TPSA) is 61.3 Å². The lowest BCUT2D eigenvalue weighted by molar-refractivity contribution is 0.0531. The van der Waals surface area contributed by atoms with E-state index in [9.17, 15) is 4.79 Å². The lowest BCUT2D eigenvalue weighted by Gasteiger charge is -2.10. The predicted octanol–water partition coefficient (Wildman–Crippen LogP) is 4.37. The van der Waals surface area contributed by atoms with E-state index in [-0.39, 0.29) is 5.97 Å². The van der Waals surface area contributed by atoms with Crippen LogP contribution in [0, 0.1) is 20.8 Å². The first-order valence-corrected chi connectivity index (χ1v) is 8.95. The molecule has 1 aromatic carbocycles. The van der Waals surface area contributed by atoms with Gasteiger partial charge < -0.3 is 9.47 Å². The molecule has 2 heterocycles. The molecule has 0 aliphatic heterocycles. The van der Waals surface area contributed by atoms with Crippen LogP contribution in [-0.2, 0) is 11.3 Å². The number of nitrogens with zero attached hydrogens (tertiary/aromatic N) is 2. The molecule has 5 nitrogen and oxygen atoms in total. The summed E-state index contributed by atoms with van der Waals surface area (Å²) in [4.78, 5) is 22.4. The SMILES string of the molecule is CCOC(=O)c1sc2nc(C)nc(OCc3ccccc3C)c2c1C. The van der Waals surface area contributed by atoms with Gasteiger partial charge in [-0.1, -0.05) is 24.3 Å². The van der Waals surface area contributed by atoms with Gasteiger partial charge in [0.2, 0.25) is 5.88 Å². The maximum atomic E-state index is 12.2. The van der Waals surface area contributed by atoms with Crippen LogP contribution in [0.1, 0.15) is 39.1 Å². The number of aryl methyl sites for hydroxylation is 3. The van der Waals surface area contributed by atoms with Gasteiger partial charge in [-0.05, 0) is 44.4 Å². The van der Waals surface area contributed by atoms with Crippen molar-refractivity contribution in [3.8, 4) is 5.88 Å². The lowest BCUT2D eigenvalue weighted by Crippen LogP contribution is -2.04. The van der Waals surface area contributed by atoms with Crippen molar-refractivity contribution in [3.63, 3.8) is 0 Å². The Hall–Kier alpha value is -2.47. The Balaban J connectivity index is 2.00. The Morgan fingerprint density at radius 2 is 1.92 bits per heavy atom. The Morgan fingerprint density at radius 1 is 1.16 bits per heavy atom. The van der Waals surface area contributed by atoms with Crippen molar-refractivity contribution in [2.45, 2.75) is 34.3 Å². The van der Waals surface area contributed by atoms with E-state index < -0.39 is 0 Å². The molecule has 0 radical (unpaired) electrons. The first kappa shape index (κ1) is 17.4. The van der Waals surface area contributed by atoms with Gasteiger partial charge in [-0.3, -0.25) is 0 Å². The molecule has 0 saturated carbocycles. The van der Waals surface area contributed by atoms with E-state index in [2.05, 4.69) is 9.97 Å². The highest BCUT2D eigenvalue weighted by Gasteiger charge is 2.21. The second-order valence-electron chi connectivity index (χ2n) is 5.75. The van der Waals surface area contributed by atoms with Gasteiger partial charge in [-0.25, -0.2) is 9.78 Å². The Morgan fingerprint density at radius 3 is 2.64 bits per heavy atom. The molecule has 0 bridgehead atoms. The van der Waals surface area contributed by atoms with E-state index in [1.165, 1.54) is 16.9 Å². The molecule has 0 fully saturated rings. The van der Waals surface area contributed by atoms with Crippen molar-refractivity contribution < 1.29 is 14.3 Å². The lowest BCUT2D eigenvalue weighted by atomic mass is 10.1. The van der Waals surface area contributed by atoms with Crippen LogP contribution in [0.25, 0.3) is 10.2 Å². The van der Waals surface area contributed by atoms with Gasteiger partial charge >= 0.3 is 5.97 Å². The molecule has 2 aromatic heterocycles. The first-order valence-electron chi connectivity index (χ1n) is 8.13. The van der Waals surface area contributed by atoms with Crippen LogP contribution >= 0.6 is 11.3 Å². The highest BCUT2D eigenvalue weighted by molar-refractivity contribution is 7.20. The molecule has 3 aromatic rings. The summed E-state index contributed by atoms with van der Waals surface area (Å²) in [5.41, 5.74) is 3.07. The third-order valence-corrected chi connectivity index (χ3v) is 5.12. The average molecular weight is 356 g/mol. The van der Waals surface area contributed by atoms with Crippen LogP contribution in [-0.4, -0.2) is 22.5 Å². The number of carbonyl (C=O) groups excluding carboxylic acids is 1. The third-order valence-electron chi connectivity index (χ3n) is 3.96. The molecule has 25 heavy (non-hydrogen) atoms. The zero-order valence-electron chi connectivity index (χ0n) is 14.8. The van der Waals surface area contributed by atoms with E-state index in [1.54, 1.807) is 6.92 Å². The van der Waals surface area contributed by atoms with Gasteiger partial charge in [0.25, 0.3) is 0 Å². The Bertz CT molecular complexity index is 934. The van der Waals surface area contributed by atoms with Gasteiger partial charge in [-0.2, -0.15) is 4.98 Å². The largest absolute Gasteiger partial charge is 0.472 e. The second-order valence-corrected chi connectivity index (χ2v) is 6.75. The van der Waals surface area contributed by atoms with Crippen LogP contribution in [0.5, 0.6) is 5.88 Å². The molecular formula is C19H20N2O3S. The number of rotatable bonds is 5. The summed E-state index contributed by atoms with van der Waals surface area (Å²) in [6.45, 7) is 8.30. The second kappa shape index (κ2) is 7.19. The average Bonchev–Trinajstić information content (AvgIpc) is 2.91. The van der Waals surface area contributed by atoms with Crippen molar-refractivity contribution in [1.29, 1.82) is 0 Å². The maximum absolute atomic E-state index is 12.2. The first-order chi connectivity index (χ1) is 12.0. The number of thiophene rings is 1. The minimum absolute atomic E-state index is 0.328. The summed E-state index contributed by atoms with van der Waals surface area (Å²) in [6, 6.07) is 8.07. The highest BCUT2D eigenvalue weighted by atomic mass is 32.1. The van der Waals surface area contributed by atoms with Crippen molar-refractivity contribution in [2.75, 3.05) is 6.61 Å². The normalized spacial score (nSPS) is 10.9. The fourth-order valence-corrected chi connectivity index (χ4v) is 3.73. The summed E-state index contributed by atoms with van der Waals surface area (Å²) in [7, 11) is 0. The minimum Gasteiger partial charge on any atom is -0.472 e. The highest BCUT2D eigenvalue weighted by Crippen LogP contribution is 2.35. The molecule has 0 atom stereocenters. The van der Waals surface area contributed by atoms with Crippen molar-refractivity contribution in [3.05, 3.63) is 51.7 Å². The molecule has 0 N–H and O–H groups in total. The van der Waals surface area contributed by atoms with Gasteiger partial charge in [-0.15, -0.1) is 11.3 Å². The third kappa shape index (κ3) is 3.49. The van der Waals surface area contributed by atoms with E-state index in [0.717, 1.165) is 21.3 Å². The molecule has 0 spiro atoms. The molecule has 6 heteroatoms. The molecule has 0 aliphatic carbocycles. The molecule has 0 unspecified atom stereocenters. The van der Waals surface area contributed by atoms with Crippen LogP contribution in [0.2, 0.25) is 0 Å². The smallest absolute Gasteiger partial charge is 0.348 e. The summed E-state index contributed by atoms with van der Waals surface area (Å²) >= 11 is 1.32. The summed E-state index contributed by atoms with van der Waals surface area (Å²) < 4.78 is 11.1. The van der Waals surface area contributed by atoms with E-state index in [1.807, 2.05) is 45.0 Å². The van der Waals surface area contributed by atoms with Crippen molar-refractivity contribution in [1.82, 2.24) is 9.97 Å². The van der Waals surface area contributed by atoms with Gasteiger partial charge in [0, 0.05) is 0 Å². The Kier molecular flexibility index (Phi) is 4.99. The zero-order valence-corrected chi connectivity index (χ0v) is 15.6. The number of aromatic nitrogens is 2. The van der Waals surface area contributed by atoms with Crippen molar-refractivity contribution in [2.24, 2.45) is 0 Å². The van der Waals surface area contributed by atoms with Gasteiger partial charge in [0.1, 0.15) is 22.1 Å². The van der Waals surface area contributed by atoms with Gasteiger partial charge in [0.15, 0.2) is 0 Å². The van der Waals surface area contributed by atoms with Crippen LogP contribution in [0.15, 0.2) is 24.3 Å². The molecule has 0 aliphatic rings. The minimum atomic E-state index is -0.328. The summed E-state index contributed by atoms with van der Waals surface area (Å²) in [5.74, 6) is 0.796. The quantitative estimate of drug-likeness (QED) is 0.635. The van der Waals surface area contributed by atoms with E-state index in [0.29, 0.717) is 29.8 Å².